The second kappa shape index (κ2) is 8.52. The molecule has 0 N–H and O–H groups in total. The molecule has 1 aliphatic rings. The summed E-state index contributed by atoms with van der Waals surface area (Å²) in [5.74, 6) is 1.71. The quantitative estimate of drug-likeness (QED) is 0.776. The van der Waals surface area contributed by atoms with Crippen LogP contribution in [-0.4, -0.2) is 49.6 Å². The molecular weight excluding hydrogens is 320 g/mol. The average Bonchev–Trinajstić information content (AvgIpc) is 2.58. The second-order valence-electron chi connectivity index (χ2n) is 6.42. The third-order valence-corrected chi connectivity index (χ3v) is 4.75. The van der Waals surface area contributed by atoms with Gasteiger partial charge in [0.05, 0.1) is 0 Å². The highest BCUT2D eigenvalue weighted by molar-refractivity contribution is 6.30. The van der Waals surface area contributed by atoms with E-state index in [0.717, 1.165) is 30.9 Å². The minimum atomic E-state index is 0.694. The van der Waals surface area contributed by atoms with Crippen LogP contribution in [0.25, 0.3) is 0 Å². The molecule has 1 fully saturated rings. The first-order valence-corrected chi connectivity index (χ1v) is 9.01. The maximum absolute atomic E-state index is 6.04. The molecule has 0 atom stereocenters. The highest BCUT2D eigenvalue weighted by Gasteiger charge is 2.13. The van der Waals surface area contributed by atoms with E-state index in [1.807, 2.05) is 36.4 Å². The van der Waals surface area contributed by atoms with Crippen molar-refractivity contribution in [2.75, 3.05) is 39.8 Å². The third kappa shape index (κ3) is 4.97. The SMILES string of the molecule is CN1CCN(CCCc2ccccc2Oc2cccc(Cl)c2)CC1. The van der Waals surface area contributed by atoms with Crippen LogP contribution in [-0.2, 0) is 6.42 Å². The number of rotatable bonds is 6. The summed E-state index contributed by atoms with van der Waals surface area (Å²) >= 11 is 6.04. The number of likely N-dealkylation sites (N-methyl/N-ethyl adjacent to an activating group) is 1. The molecule has 3 rings (SSSR count). The molecule has 2 aromatic rings. The fourth-order valence-corrected chi connectivity index (χ4v) is 3.21. The van der Waals surface area contributed by atoms with Gasteiger partial charge < -0.3 is 14.5 Å². The van der Waals surface area contributed by atoms with E-state index in [-0.39, 0.29) is 0 Å². The predicted octanol–water partition coefficient (Wildman–Crippen LogP) is 4.31. The lowest BCUT2D eigenvalue weighted by molar-refractivity contribution is 0.153. The molecule has 0 saturated carbocycles. The number of aryl methyl sites for hydroxylation is 1. The number of ether oxygens (including phenoxy) is 1. The molecule has 0 spiro atoms. The van der Waals surface area contributed by atoms with Crippen molar-refractivity contribution in [3.63, 3.8) is 0 Å². The molecule has 1 heterocycles. The van der Waals surface area contributed by atoms with Crippen molar-refractivity contribution < 1.29 is 4.74 Å². The molecule has 2 aromatic carbocycles. The monoisotopic (exact) mass is 344 g/mol. The molecule has 24 heavy (non-hydrogen) atoms. The normalized spacial score (nSPS) is 16.2. The number of para-hydroxylation sites is 1. The van der Waals surface area contributed by atoms with E-state index in [4.69, 9.17) is 16.3 Å². The van der Waals surface area contributed by atoms with E-state index < -0.39 is 0 Å². The molecule has 0 amide bonds. The third-order valence-electron chi connectivity index (χ3n) is 4.51. The van der Waals surface area contributed by atoms with Crippen molar-refractivity contribution in [2.24, 2.45) is 0 Å². The van der Waals surface area contributed by atoms with E-state index in [1.54, 1.807) is 0 Å². The summed E-state index contributed by atoms with van der Waals surface area (Å²) < 4.78 is 6.04. The first-order valence-electron chi connectivity index (χ1n) is 8.63. The number of nitrogens with zero attached hydrogens (tertiary/aromatic N) is 2. The number of hydrogen-bond acceptors (Lipinski definition) is 3. The van der Waals surface area contributed by atoms with E-state index in [9.17, 15) is 0 Å². The Hall–Kier alpha value is -1.55. The van der Waals surface area contributed by atoms with Crippen LogP contribution < -0.4 is 4.74 Å². The van der Waals surface area contributed by atoms with Crippen LogP contribution in [0, 0.1) is 0 Å². The Morgan fingerprint density at radius 1 is 1.00 bits per heavy atom. The maximum atomic E-state index is 6.04. The molecule has 1 aliphatic heterocycles. The van der Waals surface area contributed by atoms with Gasteiger partial charge in [-0.15, -0.1) is 0 Å². The van der Waals surface area contributed by atoms with Gasteiger partial charge in [-0.2, -0.15) is 0 Å². The first-order chi connectivity index (χ1) is 11.7. The van der Waals surface area contributed by atoms with Crippen LogP contribution in [0.5, 0.6) is 11.5 Å². The molecule has 0 bridgehead atoms. The second-order valence-corrected chi connectivity index (χ2v) is 6.85. The molecule has 3 nitrogen and oxygen atoms in total. The minimum absolute atomic E-state index is 0.694. The van der Waals surface area contributed by atoms with Crippen LogP contribution >= 0.6 is 11.6 Å². The van der Waals surface area contributed by atoms with Gasteiger partial charge in [-0.05, 0) is 56.3 Å². The van der Waals surface area contributed by atoms with E-state index in [1.165, 1.54) is 31.7 Å². The van der Waals surface area contributed by atoms with Gasteiger partial charge in [0, 0.05) is 31.2 Å². The summed E-state index contributed by atoms with van der Waals surface area (Å²) in [5.41, 5.74) is 1.26. The summed E-state index contributed by atoms with van der Waals surface area (Å²) in [6.07, 6.45) is 2.18. The Balaban J connectivity index is 1.56. The molecule has 4 heteroatoms. The van der Waals surface area contributed by atoms with Crippen LogP contribution in [0.15, 0.2) is 48.5 Å². The topological polar surface area (TPSA) is 15.7 Å². The van der Waals surface area contributed by atoms with Gasteiger partial charge in [0.25, 0.3) is 0 Å². The highest BCUT2D eigenvalue weighted by atomic mass is 35.5. The number of piperazine rings is 1. The van der Waals surface area contributed by atoms with Crippen molar-refractivity contribution >= 4 is 11.6 Å². The zero-order valence-electron chi connectivity index (χ0n) is 14.2. The van der Waals surface area contributed by atoms with Crippen molar-refractivity contribution in [3.8, 4) is 11.5 Å². The lowest BCUT2D eigenvalue weighted by atomic mass is 10.1. The smallest absolute Gasteiger partial charge is 0.130 e. The van der Waals surface area contributed by atoms with Crippen LogP contribution in [0.3, 0.4) is 0 Å². The molecule has 0 aliphatic carbocycles. The zero-order chi connectivity index (χ0) is 16.8. The van der Waals surface area contributed by atoms with Crippen LogP contribution in [0.1, 0.15) is 12.0 Å². The molecule has 0 aromatic heterocycles. The Kier molecular flexibility index (Phi) is 6.13. The maximum Gasteiger partial charge on any atom is 0.130 e. The predicted molar refractivity (Wildman–Crippen MR) is 100 cm³/mol. The van der Waals surface area contributed by atoms with Gasteiger partial charge in [0.2, 0.25) is 0 Å². The number of halogens is 1. The highest BCUT2D eigenvalue weighted by Crippen LogP contribution is 2.27. The van der Waals surface area contributed by atoms with Crippen LogP contribution in [0.4, 0.5) is 0 Å². The molecule has 0 radical (unpaired) electrons. The van der Waals surface area contributed by atoms with Gasteiger partial charge in [-0.1, -0.05) is 35.9 Å². The standard InChI is InChI=1S/C20H25ClN2O/c1-22-12-14-23(15-13-22)11-5-7-17-6-2-3-10-20(17)24-19-9-4-8-18(21)16-19/h2-4,6,8-10,16H,5,7,11-15H2,1H3. The fourth-order valence-electron chi connectivity index (χ4n) is 3.03. The summed E-state index contributed by atoms with van der Waals surface area (Å²) in [6, 6.07) is 15.8. The van der Waals surface area contributed by atoms with Crippen molar-refractivity contribution in [3.05, 3.63) is 59.1 Å². The molecule has 0 unspecified atom stereocenters. The first kappa shape index (κ1) is 17.3. The van der Waals surface area contributed by atoms with E-state index in [0.29, 0.717) is 5.02 Å². The zero-order valence-corrected chi connectivity index (χ0v) is 15.0. The number of benzene rings is 2. The van der Waals surface area contributed by atoms with Gasteiger partial charge in [-0.3, -0.25) is 0 Å². The van der Waals surface area contributed by atoms with Gasteiger partial charge >= 0.3 is 0 Å². The molecule has 1 saturated heterocycles. The van der Waals surface area contributed by atoms with Crippen LogP contribution in [0.2, 0.25) is 5.02 Å². The van der Waals surface area contributed by atoms with E-state index in [2.05, 4.69) is 29.0 Å². The average molecular weight is 345 g/mol. The fraction of sp³-hybridized carbons (Fsp3) is 0.400. The van der Waals surface area contributed by atoms with Crippen molar-refractivity contribution in [1.82, 2.24) is 9.80 Å². The summed E-state index contributed by atoms with van der Waals surface area (Å²) in [6.45, 7) is 5.86. The van der Waals surface area contributed by atoms with Gasteiger partial charge in [-0.25, -0.2) is 0 Å². The van der Waals surface area contributed by atoms with E-state index >= 15 is 0 Å². The minimum Gasteiger partial charge on any atom is -0.457 e. The summed E-state index contributed by atoms with van der Waals surface area (Å²) in [4.78, 5) is 4.95. The Labute approximate surface area is 149 Å². The Bertz CT molecular complexity index is 654. The summed E-state index contributed by atoms with van der Waals surface area (Å²) in [5, 5.41) is 0.694. The number of hydrogen-bond donors (Lipinski definition) is 0. The molecular formula is C20H25ClN2O. The lowest BCUT2D eigenvalue weighted by Gasteiger charge is -2.32. The van der Waals surface area contributed by atoms with Gasteiger partial charge in [0.15, 0.2) is 0 Å². The molecule has 128 valence electrons. The van der Waals surface area contributed by atoms with Crippen molar-refractivity contribution in [2.45, 2.75) is 12.8 Å². The summed E-state index contributed by atoms with van der Waals surface area (Å²) in [7, 11) is 2.20. The lowest BCUT2D eigenvalue weighted by Crippen LogP contribution is -2.44. The largest absolute Gasteiger partial charge is 0.457 e. The van der Waals surface area contributed by atoms with Gasteiger partial charge in [0.1, 0.15) is 11.5 Å². The Morgan fingerprint density at radius 3 is 2.58 bits per heavy atom. The van der Waals surface area contributed by atoms with Crippen molar-refractivity contribution in [1.29, 1.82) is 0 Å². The Morgan fingerprint density at radius 2 is 1.79 bits per heavy atom.